The first-order valence-corrected chi connectivity index (χ1v) is 7.60. The van der Waals surface area contributed by atoms with E-state index in [1.165, 1.54) is 4.31 Å². The van der Waals surface area contributed by atoms with Crippen LogP contribution in [0.3, 0.4) is 0 Å². The predicted octanol–water partition coefficient (Wildman–Crippen LogP) is 0.810. The van der Waals surface area contributed by atoms with Crippen molar-refractivity contribution >= 4 is 21.4 Å². The fraction of sp³-hybridized carbons (Fsp3) is 0.500. The third kappa shape index (κ3) is 2.76. The summed E-state index contributed by atoms with van der Waals surface area (Å²) in [7, 11) is 0.653. The first-order valence-electron chi connectivity index (χ1n) is 5.99. The van der Waals surface area contributed by atoms with Crippen LogP contribution in [0.25, 0.3) is 0 Å². The van der Waals surface area contributed by atoms with Crippen molar-refractivity contribution in [2.24, 2.45) is 0 Å². The smallest absolute Gasteiger partial charge is 0.237 e. The van der Waals surface area contributed by atoms with Gasteiger partial charge in [0.05, 0.1) is 17.1 Å². The van der Waals surface area contributed by atoms with E-state index in [0.717, 1.165) is 11.4 Å². The molecule has 0 aromatic heterocycles. The van der Waals surface area contributed by atoms with Crippen LogP contribution >= 0.6 is 0 Å². The molecule has 100 valence electrons. The van der Waals surface area contributed by atoms with E-state index >= 15 is 0 Å². The standard InChI is InChI=1S/C12H19N3O2S/c1-14(2)8-9-15-12-6-4-3-5-11(12)13-7-10-18(15,16)17/h3-6,13H,7-10H2,1-2H3. The monoisotopic (exact) mass is 269 g/mol. The Labute approximate surface area is 108 Å². The molecule has 0 atom stereocenters. The van der Waals surface area contributed by atoms with E-state index in [1.54, 1.807) is 0 Å². The maximum atomic E-state index is 12.2. The molecule has 0 amide bonds. The Morgan fingerprint density at radius 1 is 1.33 bits per heavy atom. The van der Waals surface area contributed by atoms with Gasteiger partial charge >= 0.3 is 0 Å². The van der Waals surface area contributed by atoms with Crippen molar-refractivity contribution in [3.8, 4) is 0 Å². The minimum atomic E-state index is -3.22. The number of benzene rings is 1. The lowest BCUT2D eigenvalue weighted by Crippen LogP contribution is -2.37. The van der Waals surface area contributed by atoms with Gasteiger partial charge in [-0.1, -0.05) is 12.1 Å². The van der Waals surface area contributed by atoms with Crippen molar-refractivity contribution in [1.82, 2.24) is 4.90 Å². The van der Waals surface area contributed by atoms with Crippen molar-refractivity contribution in [1.29, 1.82) is 0 Å². The minimum Gasteiger partial charge on any atom is -0.382 e. The van der Waals surface area contributed by atoms with Gasteiger partial charge in [-0.2, -0.15) is 0 Å². The molecule has 0 unspecified atom stereocenters. The zero-order chi connectivity index (χ0) is 13.2. The van der Waals surface area contributed by atoms with Gasteiger partial charge in [-0.3, -0.25) is 4.31 Å². The Kier molecular flexibility index (Phi) is 3.77. The van der Waals surface area contributed by atoms with Gasteiger partial charge in [-0.15, -0.1) is 0 Å². The highest BCUT2D eigenvalue weighted by Crippen LogP contribution is 2.29. The number of fused-ring (bicyclic) bond motifs is 1. The Morgan fingerprint density at radius 2 is 2.06 bits per heavy atom. The summed E-state index contributed by atoms with van der Waals surface area (Å²) >= 11 is 0. The summed E-state index contributed by atoms with van der Waals surface area (Å²) in [5.41, 5.74) is 1.63. The molecule has 1 heterocycles. The maximum Gasteiger partial charge on any atom is 0.237 e. The van der Waals surface area contributed by atoms with Crippen molar-refractivity contribution in [2.75, 3.05) is 49.1 Å². The van der Waals surface area contributed by atoms with Gasteiger partial charge in [0.1, 0.15) is 0 Å². The van der Waals surface area contributed by atoms with Gasteiger partial charge in [-0.25, -0.2) is 8.42 Å². The van der Waals surface area contributed by atoms with Crippen molar-refractivity contribution in [3.63, 3.8) is 0 Å². The average molecular weight is 269 g/mol. The van der Waals surface area contributed by atoms with Crippen LogP contribution in [0.15, 0.2) is 24.3 Å². The SMILES string of the molecule is CN(C)CCN1c2ccccc2NCCS1(=O)=O. The summed E-state index contributed by atoms with van der Waals surface area (Å²) in [5, 5.41) is 3.16. The number of nitrogens with one attached hydrogen (secondary N) is 1. The summed E-state index contributed by atoms with van der Waals surface area (Å²) in [4.78, 5) is 1.98. The van der Waals surface area contributed by atoms with Crippen LogP contribution in [-0.4, -0.2) is 52.8 Å². The second kappa shape index (κ2) is 5.16. The normalized spacial score (nSPS) is 18.1. The highest BCUT2D eigenvalue weighted by molar-refractivity contribution is 7.92. The fourth-order valence-corrected chi connectivity index (χ4v) is 3.36. The summed E-state index contributed by atoms with van der Waals surface area (Å²) in [5.74, 6) is 0.134. The number of para-hydroxylation sites is 2. The largest absolute Gasteiger partial charge is 0.382 e. The van der Waals surface area contributed by atoms with Crippen LogP contribution in [0, 0.1) is 0 Å². The van der Waals surface area contributed by atoms with Crippen molar-refractivity contribution < 1.29 is 8.42 Å². The summed E-state index contributed by atoms with van der Waals surface area (Å²) in [6, 6.07) is 7.54. The molecular weight excluding hydrogens is 250 g/mol. The van der Waals surface area contributed by atoms with Crippen LogP contribution in [0.1, 0.15) is 0 Å². The van der Waals surface area contributed by atoms with E-state index < -0.39 is 10.0 Å². The number of nitrogens with zero attached hydrogens (tertiary/aromatic N) is 2. The lowest BCUT2D eigenvalue weighted by Gasteiger charge is -2.25. The van der Waals surface area contributed by atoms with Crippen LogP contribution < -0.4 is 9.62 Å². The Morgan fingerprint density at radius 3 is 2.78 bits per heavy atom. The molecule has 5 nitrogen and oxygen atoms in total. The van der Waals surface area contributed by atoms with Crippen LogP contribution in [0.5, 0.6) is 0 Å². The third-order valence-corrected chi connectivity index (χ3v) is 4.71. The molecule has 0 spiro atoms. The van der Waals surface area contributed by atoms with E-state index in [4.69, 9.17) is 0 Å². The Balaban J connectivity index is 2.37. The first-order chi connectivity index (χ1) is 8.50. The molecule has 0 aliphatic carbocycles. The molecule has 0 fully saturated rings. The number of hydrogen-bond acceptors (Lipinski definition) is 4. The topological polar surface area (TPSA) is 52.6 Å². The van der Waals surface area contributed by atoms with Gasteiger partial charge in [-0.05, 0) is 26.2 Å². The number of sulfonamides is 1. The molecular formula is C12H19N3O2S. The highest BCUT2D eigenvalue weighted by Gasteiger charge is 2.26. The second-order valence-electron chi connectivity index (χ2n) is 4.64. The lowest BCUT2D eigenvalue weighted by atomic mass is 10.2. The van der Waals surface area contributed by atoms with Crippen molar-refractivity contribution in [2.45, 2.75) is 0 Å². The molecule has 0 saturated heterocycles. The van der Waals surface area contributed by atoms with Gasteiger partial charge in [0.25, 0.3) is 0 Å². The van der Waals surface area contributed by atoms with Gasteiger partial charge in [0.15, 0.2) is 0 Å². The molecule has 6 heteroatoms. The van der Waals surface area contributed by atoms with E-state index in [0.29, 0.717) is 19.6 Å². The number of likely N-dealkylation sites (N-methyl/N-ethyl adjacent to an activating group) is 1. The summed E-state index contributed by atoms with van der Waals surface area (Å²) in [6.45, 7) is 1.64. The molecule has 0 bridgehead atoms. The predicted molar refractivity (Wildman–Crippen MR) is 74.6 cm³/mol. The van der Waals surface area contributed by atoms with Crippen LogP contribution in [0.4, 0.5) is 11.4 Å². The van der Waals surface area contributed by atoms with E-state index in [9.17, 15) is 8.42 Å². The fourth-order valence-electron chi connectivity index (χ4n) is 1.97. The molecule has 1 aliphatic rings. The number of rotatable bonds is 3. The minimum absolute atomic E-state index is 0.134. The zero-order valence-corrected chi connectivity index (χ0v) is 11.6. The first kappa shape index (κ1) is 13.2. The van der Waals surface area contributed by atoms with Crippen LogP contribution in [-0.2, 0) is 10.0 Å². The Hall–Kier alpha value is -1.27. The highest BCUT2D eigenvalue weighted by atomic mass is 32.2. The Bertz CT molecular complexity index is 514. The number of hydrogen-bond donors (Lipinski definition) is 1. The molecule has 2 rings (SSSR count). The maximum absolute atomic E-state index is 12.2. The van der Waals surface area contributed by atoms with E-state index in [-0.39, 0.29) is 5.75 Å². The molecule has 0 radical (unpaired) electrons. The molecule has 1 aromatic rings. The molecule has 18 heavy (non-hydrogen) atoms. The van der Waals surface area contributed by atoms with E-state index in [2.05, 4.69) is 5.32 Å². The van der Waals surface area contributed by atoms with Crippen LogP contribution in [0.2, 0.25) is 0 Å². The van der Waals surface area contributed by atoms with Gasteiger partial charge < -0.3 is 10.2 Å². The lowest BCUT2D eigenvalue weighted by molar-refractivity contribution is 0.419. The third-order valence-electron chi connectivity index (χ3n) is 2.93. The number of anilines is 2. The van der Waals surface area contributed by atoms with Crippen molar-refractivity contribution in [3.05, 3.63) is 24.3 Å². The average Bonchev–Trinajstić information content (AvgIpc) is 2.42. The zero-order valence-electron chi connectivity index (χ0n) is 10.8. The van der Waals surface area contributed by atoms with E-state index in [1.807, 2.05) is 43.3 Å². The summed E-state index contributed by atoms with van der Waals surface area (Å²) in [6.07, 6.45) is 0. The molecule has 1 N–H and O–H groups in total. The van der Waals surface area contributed by atoms with Gasteiger partial charge in [0.2, 0.25) is 10.0 Å². The quantitative estimate of drug-likeness (QED) is 0.882. The van der Waals surface area contributed by atoms with Gasteiger partial charge in [0, 0.05) is 19.6 Å². The second-order valence-corrected chi connectivity index (χ2v) is 6.65. The summed E-state index contributed by atoms with van der Waals surface area (Å²) < 4.78 is 26.0. The molecule has 1 aromatic carbocycles. The molecule has 1 aliphatic heterocycles. The molecule has 0 saturated carbocycles.